The third-order valence-corrected chi connectivity index (χ3v) is 6.08. The number of amides is 1. The van der Waals surface area contributed by atoms with Crippen LogP contribution < -0.4 is 4.74 Å². The van der Waals surface area contributed by atoms with Gasteiger partial charge in [-0.3, -0.25) is 9.78 Å². The zero-order chi connectivity index (χ0) is 22.8. The van der Waals surface area contributed by atoms with E-state index < -0.39 is 0 Å². The standard InChI is InChI=1S/C28H25N3O2/c1-31(18-21-7-5-6-16-29-21)28(32)26-23-8-3-4-9-25(23)30-27-20(12-15-24(26)27)17-19-10-13-22(33-2)14-11-19/h3-11,13-14,16-17H,12,15,18H2,1-2H3. The Morgan fingerprint density at radius 1 is 1.03 bits per heavy atom. The van der Waals surface area contributed by atoms with Gasteiger partial charge in [-0.25, -0.2) is 4.98 Å². The number of hydrogen-bond donors (Lipinski definition) is 0. The minimum Gasteiger partial charge on any atom is -0.497 e. The number of para-hydroxylation sites is 1. The van der Waals surface area contributed by atoms with Crippen molar-refractivity contribution in [2.45, 2.75) is 19.4 Å². The second-order valence-electron chi connectivity index (χ2n) is 8.26. The van der Waals surface area contributed by atoms with Crippen molar-refractivity contribution in [1.82, 2.24) is 14.9 Å². The van der Waals surface area contributed by atoms with Gasteiger partial charge in [0.25, 0.3) is 5.91 Å². The summed E-state index contributed by atoms with van der Waals surface area (Å²) >= 11 is 0. The maximum absolute atomic E-state index is 13.7. The highest BCUT2D eigenvalue weighted by molar-refractivity contribution is 6.09. The smallest absolute Gasteiger partial charge is 0.254 e. The van der Waals surface area contributed by atoms with Crippen molar-refractivity contribution in [3.05, 3.63) is 101 Å². The summed E-state index contributed by atoms with van der Waals surface area (Å²) in [5.41, 5.74) is 6.67. The number of methoxy groups -OCH3 is 1. The second-order valence-corrected chi connectivity index (χ2v) is 8.26. The first-order chi connectivity index (χ1) is 16.1. The highest BCUT2D eigenvalue weighted by atomic mass is 16.5. The number of allylic oxidation sites excluding steroid dienone is 1. The Bertz CT molecular complexity index is 1350. The number of carbonyl (C=O) groups excluding carboxylic acids is 1. The molecule has 1 amide bonds. The van der Waals surface area contributed by atoms with E-state index >= 15 is 0 Å². The van der Waals surface area contributed by atoms with Crippen molar-refractivity contribution in [1.29, 1.82) is 0 Å². The summed E-state index contributed by atoms with van der Waals surface area (Å²) in [5.74, 6) is 0.832. The number of nitrogens with zero attached hydrogens (tertiary/aromatic N) is 3. The van der Waals surface area contributed by atoms with E-state index in [-0.39, 0.29) is 5.91 Å². The van der Waals surface area contributed by atoms with E-state index in [9.17, 15) is 4.79 Å². The Labute approximate surface area is 193 Å². The van der Waals surface area contributed by atoms with Gasteiger partial charge in [-0.1, -0.05) is 36.4 Å². The molecule has 0 radical (unpaired) electrons. The molecule has 2 heterocycles. The van der Waals surface area contributed by atoms with E-state index in [2.05, 4.69) is 11.1 Å². The molecule has 164 valence electrons. The predicted molar refractivity (Wildman–Crippen MR) is 131 cm³/mol. The van der Waals surface area contributed by atoms with Crippen LogP contribution in [0.1, 0.15) is 39.3 Å². The van der Waals surface area contributed by atoms with Gasteiger partial charge in [-0.2, -0.15) is 0 Å². The number of fused-ring (bicyclic) bond motifs is 2. The van der Waals surface area contributed by atoms with Gasteiger partial charge in [0, 0.05) is 18.6 Å². The lowest BCUT2D eigenvalue weighted by molar-refractivity contribution is 0.0784. The summed E-state index contributed by atoms with van der Waals surface area (Å²) < 4.78 is 5.27. The minimum absolute atomic E-state index is 0.00111. The molecule has 5 nitrogen and oxygen atoms in total. The lowest BCUT2D eigenvalue weighted by atomic mass is 9.99. The van der Waals surface area contributed by atoms with Crippen molar-refractivity contribution < 1.29 is 9.53 Å². The number of benzene rings is 2. The van der Waals surface area contributed by atoms with Crippen LogP contribution in [0.3, 0.4) is 0 Å². The van der Waals surface area contributed by atoms with E-state index in [1.54, 1.807) is 18.2 Å². The van der Waals surface area contributed by atoms with Gasteiger partial charge >= 0.3 is 0 Å². The molecule has 0 fully saturated rings. The number of ether oxygens (including phenoxy) is 1. The molecule has 1 aliphatic carbocycles. The number of pyridine rings is 2. The first kappa shape index (κ1) is 20.9. The molecular weight excluding hydrogens is 410 g/mol. The Balaban J connectivity index is 1.57. The lowest BCUT2D eigenvalue weighted by Crippen LogP contribution is -2.28. The van der Waals surface area contributed by atoms with E-state index in [0.717, 1.165) is 63.1 Å². The number of carbonyl (C=O) groups is 1. The molecule has 0 aliphatic heterocycles. The second kappa shape index (κ2) is 8.87. The molecule has 0 saturated heterocycles. The van der Waals surface area contributed by atoms with Crippen LogP contribution in [0, 0.1) is 0 Å². The third-order valence-electron chi connectivity index (χ3n) is 6.08. The Hall–Kier alpha value is -3.99. The fourth-order valence-electron chi connectivity index (χ4n) is 4.42. The fraction of sp³-hybridized carbons (Fsp3) is 0.179. The molecular formula is C28H25N3O2. The number of hydrogen-bond acceptors (Lipinski definition) is 4. The average molecular weight is 436 g/mol. The van der Waals surface area contributed by atoms with Crippen molar-refractivity contribution in [2.24, 2.45) is 0 Å². The van der Waals surface area contributed by atoms with Crippen LogP contribution in [0.2, 0.25) is 0 Å². The minimum atomic E-state index is 0.00111. The largest absolute Gasteiger partial charge is 0.497 e. The van der Waals surface area contributed by atoms with Crippen molar-refractivity contribution in [3.63, 3.8) is 0 Å². The zero-order valence-electron chi connectivity index (χ0n) is 18.8. The lowest BCUT2D eigenvalue weighted by Gasteiger charge is -2.20. The van der Waals surface area contributed by atoms with Crippen LogP contribution >= 0.6 is 0 Å². The van der Waals surface area contributed by atoms with Gasteiger partial charge < -0.3 is 9.64 Å². The van der Waals surface area contributed by atoms with Crippen LogP contribution in [0.5, 0.6) is 5.75 Å². The van der Waals surface area contributed by atoms with E-state index in [1.165, 1.54) is 0 Å². The molecule has 0 spiro atoms. The Morgan fingerprint density at radius 2 is 1.82 bits per heavy atom. The summed E-state index contributed by atoms with van der Waals surface area (Å²) in [7, 11) is 3.50. The van der Waals surface area contributed by atoms with Crippen LogP contribution in [0.4, 0.5) is 0 Å². The van der Waals surface area contributed by atoms with Gasteiger partial charge in [-0.15, -0.1) is 0 Å². The summed E-state index contributed by atoms with van der Waals surface area (Å²) in [5, 5.41) is 0.903. The monoisotopic (exact) mass is 435 g/mol. The fourth-order valence-corrected chi connectivity index (χ4v) is 4.42. The quantitative estimate of drug-likeness (QED) is 0.421. The highest BCUT2D eigenvalue weighted by Crippen LogP contribution is 2.38. The van der Waals surface area contributed by atoms with Gasteiger partial charge in [0.2, 0.25) is 0 Å². The number of aromatic nitrogens is 2. The first-order valence-corrected chi connectivity index (χ1v) is 11.1. The first-order valence-electron chi connectivity index (χ1n) is 11.1. The molecule has 0 saturated carbocycles. The van der Waals surface area contributed by atoms with Crippen LogP contribution in [-0.4, -0.2) is 34.9 Å². The summed E-state index contributed by atoms with van der Waals surface area (Å²) in [4.78, 5) is 24.8. The maximum atomic E-state index is 13.7. The van der Waals surface area contributed by atoms with Crippen molar-refractivity contribution in [2.75, 3.05) is 14.2 Å². The van der Waals surface area contributed by atoms with E-state index in [0.29, 0.717) is 6.54 Å². The average Bonchev–Trinajstić information content (AvgIpc) is 3.25. The third kappa shape index (κ3) is 4.10. The van der Waals surface area contributed by atoms with Gasteiger partial charge in [0.1, 0.15) is 5.75 Å². The molecule has 33 heavy (non-hydrogen) atoms. The summed E-state index contributed by atoms with van der Waals surface area (Å²) in [6, 6.07) is 21.7. The normalized spacial score (nSPS) is 13.8. The SMILES string of the molecule is COc1ccc(C=C2CCc3c2nc2ccccc2c3C(=O)N(C)Cc2ccccn2)cc1. The predicted octanol–water partition coefficient (Wildman–Crippen LogP) is 5.40. The van der Waals surface area contributed by atoms with E-state index in [4.69, 9.17) is 9.72 Å². The molecule has 0 unspecified atom stereocenters. The van der Waals surface area contributed by atoms with Crippen LogP contribution in [-0.2, 0) is 13.0 Å². The summed E-state index contributed by atoms with van der Waals surface area (Å²) in [6.07, 6.45) is 5.57. The maximum Gasteiger partial charge on any atom is 0.254 e. The topological polar surface area (TPSA) is 55.3 Å². The molecule has 0 bridgehead atoms. The van der Waals surface area contributed by atoms with E-state index in [1.807, 2.05) is 73.8 Å². The molecule has 1 aliphatic rings. The molecule has 0 atom stereocenters. The van der Waals surface area contributed by atoms with Crippen molar-refractivity contribution >= 4 is 28.5 Å². The Morgan fingerprint density at radius 3 is 2.58 bits per heavy atom. The molecule has 4 aromatic rings. The zero-order valence-corrected chi connectivity index (χ0v) is 18.8. The summed E-state index contributed by atoms with van der Waals surface area (Å²) in [6.45, 7) is 0.458. The van der Waals surface area contributed by atoms with Crippen LogP contribution in [0.15, 0.2) is 72.9 Å². The van der Waals surface area contributed by atoms with Crippen LogP contribution in [0.25, 0.3) is 22.6 Å². The highest BCUT2D eigenvalue weighted by Gasteiger charge is 2.28. The number of rotatable bonds is 5. The van der Waals surface area contributed by atoms with Crippen molar-refractivity contribution in [3.8, 4) is 5.75 Å². The van der Waals surface area contributed by atoms with Gasteiger partial charge in [0.15, 0.2) is 0 Å². The molecule has 2 aromatic heterocycles. The molecule has 0 N–H and O–H groups in total. The molecule has 5 rings (SSSR count). The molecule has 5 heteroatoms. The Kier molecular flexibility index (Phi) is 5.61. The molecule has 2 aromatic carbocycles. The van der Waals surface area contributed by atoms with Gasteiger partial charge in [0.05, 0.1) is 36.1 Å². The van der Waals surface area contributed by atoms with Gasteiger partial charge in [-0.05, 0) is 65.9 Å².